The number of hydrogen-bond acceptors (Lipinski definition) is 5. The number of amides is 1. The van der Waals surface area contributed by atoms with Crippen LogP contribution in [0.1, 0.15) is 38.2 Å². The SMILES string of the molecule is CCOc1ccc(NCC(=O)NC2CC3CCC2C3)c(S(=O)(=O)c2ccc(C)cc2)c1. The van der Waals surface area contributed by atoms with Crippen molar-refractivity contribution in [3.8, 4) is 5.75 Å². The summed E-state index contributed by atoms with van der Waals surface area (Å²) < 4.78 is 32.2. The van der Waals surface area contributed by atoms with Crippen molar-refractivity contribution in [1.82, 2.24) is 5.32 Å². The van der Waals surface area contributed by atoms with Crippen LogP contribution in [0.4, 0.5) is 5.69 Å². The quantitative estimate of drug-likeness (QED) is 0.647. The maximum atomic E-state index is 13.3. The van der Waals surface area contributed by atoms with Gasteiger partial charge in [0.25, 0.3) is 0 Å². The topological polar surface area (TPSA) is 84.5 Å². The normalized spacial score (nSPS) is 22.3. The first kappa shape index (κ1) is 21.7. The second kappa shape index (κ2) is 8.91. The smallest absolute Gasteiger partial charge is 0.239 e. The van der Waals surface area contributed by atoms with Gasteiger partial charge in [0.2, 0.25) is 15.7 Å². The largest absolute Gasteiger partial charge is 0.494 e. The molecule has 166 valence electrons. The van der Waals surface area contributed by atoms with E-state index in [4.69, 9.17) is 4.74 Å². The summed E-state index contributed by atoms with van der Waals surface area (Å²) in [6, 6.07) is 11.9. The first-order chi connectivity index (χ1) is 14.9. The maximum absolute atomic E-state index is 13.3. The van der Waals surface area contributed by atoms with E-state index in [9.17, 15) is 13.2 Å². The number of sulfone groups is 1. The molecule has 2 aliphatic rings. The van der Waals surface area contributed by atoms with E-state index >= 15 is 0 Å². The molecule has 0 heterocycles. The Bertz CT molecular complexity index is 1050. The number of aryl methyl sites for hydroxylation is 1. The van der Waals surface area contributed by atoms with Crippen molar-refractivity contribution < 1.29 is 17.9 Å². The van der Waals surface area contributed by atoms with Gasteiger partial charge >= 0.3 is 0 Å². The molecule has 31 heavy (non-hydrogen) atoms. The van der Waals surface area contributed by atoms with Crippen molar-refractivity contribution in [2.24, 2.45) is 11.8 Å². The van der Waals surface area contributed by atoms with E-state index in [1.165, 1.54) is 25.3 Å². The Balaban J connectivity index is 1.52. The molecule has 2 aliphatic carbocycles. The van der Waals surface area contributed by atoms with E-state index in [1.807, 2.05) is 13.8 Å². The number of benzene rings is 2. The summed E-state index contributed by atoms with van der Waals surface area (Å²) in [5, 5.41) is 6.17. The molecule has 2 aromatic rings. The van der Waals surface area contributed by atoms with Crippen LogP contribution in [-0.4, -0.2) is 33.5 Å². The number of hydrogen-bond donors (Lipinski definition) is 2. The summed E-state index contributed by atoms with van der Waals surface area (Å²) in [6.07, 6.45) is 4.76. The summed E-state index contributed by atoms with van der Waals surface area (Å²) >= 11 is 0. The molecule has 0 saturated heterocycles. The van der Waals surface area contributed by atoms with Gasteiger partial charge in [0.1, 0.15) is 5.75 Å². The highest BCUT2D eigenvalue weighted by atomic mass is 32.2. The van der Waals surface area contributed by atoms with Gasteiger partial charge in [-0.1, -0.05) is 24.1 Å². The molecule has 6 nitrogen and oxygen atoms in total. The van der Waals surface area contributed by atoms with E-state index in [1.54, 1.807) is 36.4 Å². The average Bonchev–Trinajstić information content (AvgIpc) is 3.36. The fourth-order valence-electron chi connectivity index (χ4n) is 4.83. The minimum absolute atomic E-state index is 0.0261. The molecule has 2 fully saturated rings. The fraction of sp³-hybridized carbons (Fsp3) is 0.458. The predicted octanol–water partition coefficient (Wildman–Crippen LogP) is 3.94. The molecule has 1 amide bonds. The molecular formula is C24H30N2O4S. The number of rotatable bonds is 8. The molecule has 7 heteroatoms. The zero-order valence-corrected chi connectivity index (χ0v) is 18.9. The fourth-order valence-corrected chi connectivity index (χ4v) is 6.28. The van der Waals surface area contributed by atoms with E-state index in [-0.39, 0.29) is 28.3 Å². The zero-order valence-electron chi connectivity index (χ0n) is 18.1. The molecule has 0 aliphatic heterocycles. The highest BCUT2D eigenvalue weighted by molar-refractivity contribution is 7.91. The van der Waals surface area contributed by atoms with Crippen LogP contribution in [0, 0.1) is 18.8 Å². The Morgan fingerprint density at radius 2 is 1.87 bits per heavy atom. The van der Waals surface area contributed by atoms with E-state index in [2.05, 4.69) is 10.6 Å². The van der Waals surface area contributed by atoms with Gasteiger partial charge in [-0.3, -0.25) is 4.79 Å². The van der Waals surface area contributed by atoms with Crippen LogP contribution in [0.5, 0.6) is 5.75 Å². The molecule has 4 rings (SSSR count). The van der Waals surface area contributed by atoms with Crippen LogP contribution in [0.3, 0.4) is 0 Å². The zero-order chi connectivity index (χ0) is 22.0. The monoisotopic (exact) mass is 442 g/mol. The van der Waals surface area contributed by atoms with Gasteiger partial charge in [-0.2, -0.15) is 0 Å². The molecule has 0 spiro atoms. The van der Waals surface area contributed by atoms with Gasteiger partial charge < -0.3 is 15.4 Å². The van der Waals surface area contributed by atoms with E-state index in [0.717, 1.165) is 17.9 Å². The number of nitrogens with one attached hydrogen (secondary N) is 2. The van der Waals surface area contributed by atoms with Crippen molar-refractivity contribution in [1.29, 1.82) is 0 Å². The average molecular weight is 443 g/mol. The van der Waals surface area contributed by atoms with Gasteiger partial charge in [-0.15, -0.1) is 0 Å². The lowest BCUT2D eigenvalue weighted by atomic mass is 9.95. The molecule has 0 aromatic heterocycles. The molecular weight excluding hydrogens is 412 g/mol. The lowest BCUT2D eigenvalue weighted by Gasteiger charge is -2.23. The van der Waals surface area contributed by atoms with Crippen molar-refractivity contribution >= 4 is 21.4 Å². The number of carbonyl (C=O) groups excluding carboxylic acids is 1. The Morgan fingerprint density at radius 1 is 1.10 bits per heavy atom. The van der Waals surface area contributed by atoms with Crippen LogP contribution in [0.25, 0.3) is 0 Å². The van der Waals surface area contributed by atoms with Crippen LogP contribution in [0.2, 0.25) is 0 Å². The maximum Gasteiger partial charge on any atom is 0.239 e. The second-order valence-corrected chi connectivity index (χ2v) is 10.5. The van der Waals surface area contributed by atoms with Crippen molar-refractivity contribution in [2.45, 2.75) is 55.4 Å². The highest BCUT2D eigenvalue weighted by Gasteiger charge is 2.40. The van der Waals surface area contributed by atoms with Crippen LogP contribution in [-0.2, 0) is 14.6 Å². The first-order valence-corrected chi connectivity index (χ1v) is 12.5. The second-order valence-electron chi connectivity index (χ2n) is 8.61. The predicted molar refractivity (Wildman–Crippen MR) is 120 cm³/mol. The van der Waals surface area contributed by atoms with Crippen molar-refractivity contribution in [2.75, 3.05) is 18.5 Å². The van der Waals surface area contributed by atoms with Gasteiger partial charge in [-0.05, 0) is 69.2 Å². The Hall–Kier alpha value is -2.54. The minimum atomic E-state index is -3.78. The third-order valence-electron chi connectivity index (χ3n) is 6.41. The molecule has 2 N–H and O–H groups in total. The third kappa shape index (κ3) is 4.71. The summed E-state index contributed by atoms with van der Waals surface area (Å²) in [6.45, 7) is 4.22. The van der Waals surface area contributed by atoms with Gasteiger partial charge in [0, 0.05) is 12.1 Å². The van der Waals surface area contributed by atoms with Gasteiger partial charge in [-0.25, -0.2) is 8.42 Å². The molecule has 3 unspecified atom stereocenters. The van der Waals surface area contributed by atoms with Crippen LogP contribution < -0.4 is 15.4 Å². The van der Waals surface area contributed by atoms with E-state index < -0.39 is 9.84 Å². The number of ether oxygens (including phenoxy) is 1. The summed E-state index contributed by atoms with van der Waals surface area (Å²) in [5.41, 5.74) is 1.38. The summed E-state index contributed by atoms with van der Waals surface area (Å²) in [7, 11) is -3.78. The van der Waals surface area contributed by atoms with Crippen molar-refractivity contribution in [3.05, 3.63) is 48.0 Å². The Kier molecular flexibility index (Phi) is 6.23. The van der Waals surface area contributed by atoms with Gasteiger partial charge in [0.05, 0.1) is 28.6 Å². The highest BCUT2D eigenvalue weighted by Crippen LogP contribution is 2.44. The molecule has 0 radical (unpaired) electrons. The first-order valence-electron chi connectivity index (χ1n) is 11.0. The summed E-state index contributed by atoms with van der Waals surface area (Å²) in [4.78, 5) is 12.9. The van der Waals surface area contributed by atoms with Crippen LogP contribution in [0.15, 0.2) is 52.3 Å². The Morgan fingerprint density at radius 3 is 2.52 bits per heavy atom. The number of carbonyl (C=O) groups is 1. The third-order valence-corrected chi connectivity index (χ3v) is 8.22. The number of anilines is 1. The number of fused-ring (bicyclic) bond motifs is 2. The van der Waals surface area contributed by atoms with Crippen molar-refractivity contribution in [3.63, 3.8) is 0 Å². The lowest BCUT2D eigenvalue weighted by Crippen LogP contribution is -2.41. The van der Waals surface area contributed by atoms with Gasteiger partial charge in [0.15, 0.2) is 0 Å². The van der Waals surface area contributed by atoms with E-state index in [0.29, 0.717) is 24.0 Å². The lowest BCUT2D eigenvalue weighted by molar-refractivity contribution is -0.120. The molecule has 3 atom stereocenters. The molecule has 2 saturated carbocycles. The summed E-state index contributed by atoms with van der Waals surface area (Å²) in [5.74, 6) is 1.72. The van der Waals surface area contributed by atoms with Crippen LogP contribution >= 0.6 is 0 Å². The standard InChI is InChI=1S/C24H30N2O4S/c1-3-30-19-8-11-21(23(14-19)31(28,29)20-9-4-16(2)5-10-20)25-15-24(27)26-22-13-17-6-7-18(22)12-17/h4-5,8-11,14,17-18,22,25H,3,6-7,12-13,15H2,1-2H3,(H,26,27). The minimum Gasteiger partial charge on any atom is -0.494 e. The molecule has 2 aromatic carbocycles. The Labute approximate surface area is 184 Å². The molecule has 2 bridgehead atoms.